The van der Waals surface area contributed by atoms with Crippen molar-refractivity contribution in [1.29, 1.82) is 0 Å². The van der Waals surface area contributed by atoms with Crippen LogP contribution in [0.3, 0.4) is 0 Å². The molecule has 1 aliphatic heterocycles. The molecule has 1 heterocycles. The van der Waals surface area contributed by atoms with Gasteiger partial charge in [-0.15, -0.1) is 0 Å². The van der Waals surface area contributed by atoms with Crippen LogP contribution < -0.4 is 9.64 Å². The smallest absolute Gasteiger partial charge is 0.290 e. The van der Waals surface area contributed by atoms with Gasteiger partial charge in [-0.25, -0.2) is 0 Å². The maximum absolute atomic E-state index is 12.7. The number of hydrogen-bond acceptors (Lipinski definition) is 4. The van der Waals surface area contributed by atoms with Gasteiger partial charge in [0.2, 0.25) is 11.7 Å². The van der Waals surface area contributed by atoms with Crippen LogP contribution in [0.2, 0.25) is 0 Å². The zero-order valence-electron chi connectivity index (χ0n) is 15.4. The summed E-state index contributed by atoms with van der Waals surface area (Å²) in [6, 6.07) is 16.7. The van der Waals surface area contributed by atoms with Crippen LogP contribution in [0.1, 0.15) is 12.5 Å². The highest BCUT2D eigenvalue weighted by molar-refractivity contribution is 6.35. The molecule has 0 saturated carbocycles. The van der Waals surface area contributed by atoms with Crippen molar-refractivity contribution in [1.82, 2.24) is 4.90 Å². The van der Waals surface area contributed by atoms with Gasteiger partial charge in [0.25, 0.3) is 5.91 Å². The number of methoxy groups -OCH3 is 1. The maximum Gasteiger partial charge on any atom is 0.290 e. The standard InChI is InChI=1S/C21H22N2O4/c1-15(24)21(26)23-14-20(25)22(17-9-6-10-19(12-17)27-2)13-18(23)11-16-7-4-3-5-8-16/h3-10,12,18H,11,13-14H2,1-2H3/t18-/m1/s1. The summed E-state index contributed by atoms with van der Waals surface area (Å²) in [5.74, 6) is -0.741. The number of ether oxygens (including phenoxy) is 1. The summed E-state index contributed by atoms with van der Waals surface area (Å²) < 4.78 is 5.25. The third-order valence-electron chi connectivity index (χ3n) is 4.68. The Morgan fingerprint density at radius 3 is 2.52 bits per heavy atom. The Bertz CT molecular complexity index is 850. The summed E-state index contributed by atoms with van der Waals surface area (Å²) in [4.78, 5) is 39.8. The molecule has 3 rings (SSSR count). The second-order valence-electron chi connectivity index (χ2n) is 6.54. The molecule has 2 aromatic carbocycles. The minimum absolute atomic E-state index is 0.118. The highest BCUT2D eigenvalue weighted by Crippen LogP contribution is 2.25. The van der Waals surface area contributed by atoms with Crippen LogP contribution in [0.25, 0.3) is 0 Å². The van der Waals surface area contributed by atoms with Gasteiger partial charge >= 0.3 is 0 Å². The lowest BCUT2D eigenvalue weighted by Crippen LogP contribution is -2.60. The second-order valence-corrected chi connectivity index (χ2v) is 6.54. The highest BCUT2D eigenvalue weighted by Gasteiger charge is 2.37. The monoisotopic (exact) mass is 366 g/mol. The Kier molecular flexibility index (Phi) is 5.54. The first-order chi connectivity index (χ1) is 13.0. The van der Waals surface area contributed by atoms with Gasteiger partial charge < -0.3 is 14.5 Å². The van der Waals surface area contributed by atoms with Crippen LogP contribution in [0, 0.1) is 0 Å². The lowest BCUT2D eigenvalue weighted by Gasteiger charge is -2.40. The van der Waals surface area contributed by atoms with E-state index in [1.165, 1.54) is 11.8 Å². The molecule has 27 heavy (non-hydrogen) atoms. The lowest BCUT2D eigenvalue weighted by molar-refractivity contribution is -0.147. The van der Waals surface area contributed by atoms with Crippen LogP contribution in [0.15, 0.2) is 54.6 Å². The summed E-state index contributed by atoms with van der Waals surface area (Å²) >= 11 is 0. The number of ketones is 1. The van der Waals surface area contributed by atoms with Crippen LogP contribution >= 0.6 is 0 Å². The zero-order chi connectivity index (χ0) is 19.4. The Morgan fingerprint density at radius 2 is 1.85 bits per heavy atom. The molecule has 0 spiro atoms. The molecule has 1 fully saturated rings. The van der Waals surface area contributed by atoms with E-state index >= 15 is 0 Å². The number of piperazine rings is 1. The fourth-order valence-corrected chi connectivity index (χ4v) is 3.30. The minimum Gasteiger partial charge on any atom is -0.497 e. The fraction of sp³-hybridized carbons (Fsp3) is 0.286. The summed E-state index contributed by atoms with van der Waals surface area (Å²) in [6.07, 6.45) is 0.563. The molecule has 0 radical (unpaired) electrons. The molecule has 0 bridgehead atoms. The van der Waals surface area contributed by atoms with E-state index in [2.05, 4.69) is 0 Å². The molecule has 0 N–H and O–H groups in total. The van der Waals surface area contributed by atoms with E-state index in [0.717, 1.165) is 5.56 Å². The van der Waals surface area contributed by atoms with Crippen molar-refractivity contribution in [2.75, 3.05) is 25.1 Å². The molecule has 140 valence electrons. The average Bonchev–Trinajstić information content (AvgIpc) is 2.69. The number of carbonyl (C=O) groups is 3. The van der Waals surface area contributed by atoms with Crippen molar-refractivity contribution in [3.05, 3.63) is 60.2 Å². The Balaban J connectivity index is 1.90. The van der Waals surface area contributed by atoms with Crippen molar-refractivity contribution in [2.24, 2.45) is 0 Å². The van der Waals surface area contributed by atoms with Gasteiger partial charge in [-0.2, -0.15) is 0 Å². The zero-order valence-corrected chi connectivity index (χ0v) is 15.4. The van der Waals surface area contributed by atoms with E-state index < -0.39 is 11.7 Å². The minimum atomic E-state index is -0.616. The van der Waals surface area contributed by atoms with Crippen molar-refractivity contribution in [3.8, 4) is 5.75 Å². The summed E-state index contributed by atoms with van der Waals surface area (Å²) in [5.41, 5.74) is 1.76. The van der Waals surface area contributed by atoms with Gasteiger partial charge in [0.15, 0.2) is 0 Å². The first-order valence-electron chi connectivity index (χ1n) is 8.79. The first-order valence-corrected chi connectivity index (χ1v) is 8.79. The van der Waals surface area contributed by atoms with Gasteiger partial charge in [0, 0.05) is 25.2 Å². The molecule has 1 saturated heterocycles. The molecule has 2 amide bonds. The molecule has 6 nitrogen and oxygen atoms in total. The highest BCUT2D eigenvalue weighted by atomic mass is 16.5. The number of benzene rings is 2. The first kappa shape index (κ1) is 18.6. The van der Waals surface area contributed by atoms with Gasteiger partial charge in [0.05, 0.1) is 13.2 Å². The number of rotatable bonds is 5. The summed E-state index contributed by atoms with van der Waals surface area (Å²) in [7, 11) is 1.57. The van der Waals surface area contributed by atoms with Gasteiger partial charge in [-0.1, -0.05) is 36.4 Å². The third-order valence-corrected chi connectivity index (χ3v) is 4.68. The molecule has 0 aliphatic carbocycles. The Morgan fingerprint density at radius 1 is 1.11 bits per heavy atom. The number of hydrogen-bond donors (Lipinski definition) is 0. The predicted octanol–water partition coefficient (Wildman–Crippen LogP) is 2.07. The van der Waals surface area contributed by atoms with E-state index in [-0.39, 0.29) is 18.5 Å². The normalized spacial score (nSPS) is 17.0. The summed E-state index contributed by atoms with van der Waals surface area (Å²) in [6.45, 7) is 1.44. The quantitative estimate of drug-likeness (QED) is 0.760. The molecule has 2 aromatic rings. The molecule has 0 unspecified atom stereocenters. The van der Waals surface area contributed by atoms with Crippen molar-refractivity contribution >= 4 is 23.3 Å². The Labute approximate surface area is 158 Å². The molecule has 1 aliphatic rings. The fourth-order valence-electron chi connectivity index (χ4n) is 3.30. The van der Waals surface area contributed by atoms with E-state index in [1.54, 1.807) is 18.1 Å². The lowest BCUT2D eigenvalue weighted by atomic mass is 10.0. The van der Waals surface area contributed by atoms with E-state index in [0.29, 0.717) is 24.4 Å². The number of Topliss-reactive ketones (excluding diaryl/α,β-unsaturated/α-hetero) is 1. The van der Waals surface area contributed by atoms with E-state index in [4.69, 9.17) is 4.74 Å². The van der Waals surface area contributed by atoms with E-state index in [9.17, 15) is 14.4 Å². The third kappa shape index (κ3) is 4.16. The SMILES string of the molecule is COc1cccc(N2C[C@@H](Cc3ccccc3)N(C(=O)C(C)=O)CC2=O)c1. The number of carbonyl (C=O) groups excluding carboxylic acids is 3. The van der Waals surface area contributed by atoms with Gasteiger partial charge in [-0.05, 0) is 24.1 Å². The summed E-state index contributed by atoms with van der Waals surface area (Å²) in [5, 5.41) is 0. The van der Waals surface area contributed by atoms with Crippen LogP contribution in [0.4, 0.5) is 5.69 Å². The van der Waals surface area contributed by atoms with Gasteiger partial charge in [-0.3, -0.25) is 14.4 Å². The Hall–Kier alpha value is -3.15. The van der Waals surface area contributed by atoms with Gasteiger partial charge in [0.1, 0.15) is 12.3 Å². The maximum atomic E-state index is 12.7. The van der Waals surface area contributed by atoms with E-state index in [1.807, 2.05) is 48.5 Å². The predicted molar refractivity (Wildman–Crippen MR) is 102 cm³/mol. The topological polar surface area (TPSA) is 66.9 Å². The molecular formula is C21H22N2O4. The second kappa shape index (κ2) is 8.03. The number of nitrogens with zero attached hydrogens (tertiary/aromatic N) is 2. The number of anilines is 1. The number of amides is 2. The molecule has 0 aromatic heterocycles. The van der Waals surface area contributed by atoms with Crippen molar-refractivity contribution < 1.29 is 19.1 Å². The molecular weight excluding hydrogens is 344 g/mol. The van der Waals surface area contributed by atoms with Crippen LogP contribution in [-0.2, 0) is 20.8 Å². The van der Waals surface area contributed by atoms with Crippen molar-refractivity contribution in [3.63, 3.8) is 0 Å². The largest absolute Gasteiger partial charge is 0.497 e. The molecule has 6 heteroatoms. The average molecular weight is 366 g/mol. The van der Waals surface area contributed by atoms with Crippen LogP contribution in [-0.4, -0.2) is 48.7 Å². The van der Waals surface area contributed by atoms with Crippen molar-refractivity contribution in [2.45, 2.75) is 19.4 Å². The van der Waals surface area contributed by atoms with Crippen LogP contribution in [0.5, 0.6) is 5.75 Å². The molecule has 1 atom stereocenters.